The van der Waals surface area contributed by atoms with Gasteiger partial charge in [-0.05, 0) is 18.6 Å². The molecule has 0 fully saturated rings. The van der Waals surface area contributed by atoms with Crippen LogP contribution in [0.25, 0.3) is 0 Å². The van der Waals surface area contributed by atoms with Gasteiger partial charge in [0, 0.05) is 6.54 Å². The third kappa shape index (κ3) is 5.32. The number of sulfonamides is 2. The van der Waals surface area contributed by atoms with E-state index in [2.05, 4.69) is 4.72 Å². The summed E-state index contributed by atoms with van der Waals surface area (Å²) >= 11 is 6.55. The average molecular weight is 319 g/mol. The van der Waals surface area contributed by atoms with E-state index in [0.717, 1.165) is 11.3 Å². The monoisotopic (exact) mass is 318 g/mol. The molecule has 1 aromatic rings. The summed E-state index contributed by atoms with van der Waals surface area (Å²) in [4.78, 5) is 0. The van der Waals surface area contributed by atoms with Crippen molar-refractivity contribution in [2.75, 3.05) is 12.3 Å². The summed E-state index contributed by atoms with van der Waals surface area (Å²) in [6, 6.07) is 2.86. The predicted molar refractivity (Wildman–Crippen MR) is 67.1 cm³/mol. The highest BCUT2D eigenvalue weighted by Gasteiger charge is 2.16. The third-order valence-corrected chi connectivity index (χ3v) is 5.75. The van der Waals surface area contributed by atoms with Crippen LogP contribution in [0.5, 0.6) is 0 Å². The SMILES string of the molecule is NS(=O)(=O)CCCNS(=O)(=O)c1ccc(Cl)s1. The molecule has 0 atom stereocenters. The number of primary sulfonamides is 1. The van der Waals surface area contributed by atoms with E-state index in [9.17, 15) is 16.8 Å². The molecular formula is C7H11ClN2O4S3. The van der Waals surface area contributed by atoms with Crippen LogP contribution in [-0.2, 0) is 20.0 Å². The molecule has 0 aliphatic heterocycles. The Kier molecular flexibility index (Phi) is 4.93. The minimum atomic E-state index is -3.61. The molecule has 10 heteroatoms. The Morgan fingerprint density at radius 1 is 1.29 bits per heavy atom. The van der Waals surface area contributed by atoms with Crippen molar-refractivity contribution < 1.29 is 16.8 Å². The molecule has 1 heterocycles. The first kappa shape index (κ1) is 14.9. The highest BCUT2D eigenvalue weighted by molar-refractivity contribution is 7.91. The molecule has 0 spiro atoms. The van der Waals surface area contributed by atoms with Gasteiger partial charge in [0.15, 0.2) is 0 Å². The maximum absolute atomic E-state index is 11.6. The molecule has 1 rings (SSSR count). The lowest BCUT2D eigenvalue weighted by Gasteiger charge is -2.03. The van der Waals surface area contributed by atoms with Crippen molar-refractivity contribution >= 4 is 43.0 Å². The number of rotatable bonds is 6. The van der Waals surface area contributed by atoms with Gasteiger partial charge in [-0.1, -0.05) is 11.6 Å². The Morgan fingerprint density at radius 3 is 2.41 bits per heavy atom. The van der Waals surface area contributed by atoms with Gasteiger partial charge in [-0.15, -0.1) is 11.3 Å². The van der Waals surface area contributed by atoms with E-state index in [4.69, 9.17) is 16.7 Å². The molecule has 98 valence electrons. The van der Waals surface area contributed by atoms with Gasteiger partial charge in [-0.2, -0.15) is 0 Å². The van der Waals surface area contributed by atoms with Crippen molar-refractivity contribution in [1.29, 1.82) is 0 Å². The molecule has 0 saturated carbocycles. The van der Waals surface area contributed by atoms with Crippen LogP contribution in [0.3, 0.4) is 0 Å². The molecule has 0 aromatic carbocycles. The van der Waals surface area contributed by atoms with Crippen LogP contribution in [0.1, 0.15) is 6.42 Å². The van der Waals surface area contributed by atoms with Crippen molar-refractivity contribution in [3.63, 3.8) is 0 Å². The summed E-state index contributed by atoms with van der Waals surface area (Å²) in [5.41, 5.74) is 0. The zero-order valence-corrected chi connectivity index (χ0v) is 11.8. The third-order valence-electron chi connectivity index (χ3n) is 1.71. The quantitative estimate of drug-likeness (QED) is 0.738. The average Bonchev–Trinajstić information content (AvgIpc) is 2.59. The first-order chi connectivity index (χ1) is 7.71. The molecule has 1 aromatic heterocycles. The van der Waals surface area contributed by atoms with Crippen LogP contribution >= 0.6 is 22.9 Å². The topological polar surface area (TPSA) is 106 Å². The largest absolute Gasteiger partial charge is 0.250 e. The Labute approximate surface area is 109 Å². The number of hydrogen-bond acceptors (Lipinski definition) is 5. The van der Waals surface area contributed by atoms with E-state index in [1.54, 1.807) is 0 Å². The number of nitrogens with one attached hydrogen (secondary N) is 1. The lowest BCUT2D eigenvalue weighted by molar-refractivity contribution is 0.578. The molecule has 3 N–H and O–H groups in total. The van der Waals surface area contributed by atoms with Gasteiger partial charge >= 0.3 is 0 Å². The number of thiophene rings is 1. The zero-order chi connectivity index (χ0) is 13.1. The van der Waals surface area contributed by atoms with Crippen LogP contribution < -0.4 is 9.86 Å². The molecule has 0 amide bonds. The second kappa shape index (κ2) is 5.63. The first-order valence-electron chi connectivity index (χ1n) is 4.46. The van der Waals surface area contributed by atoms with Crippen LogP contribution in [0.15, 0.2) is 16.3 Å². The summed E-state index contributed by atoms with van der Waals surface area (Å²) in [5.74, 6) is -0.263. The molecule has 0 bridgehead atoms. The van der Waals surface area contributed by atoms with Crippen LogP contribution in [0.2, 0.25) is 4.34 Å². The van der Waals surface area contributed by atoms with Gasteiger partial charge in [0.2, 0.25) is 20.0 Å². The predicted octanol–water partition coefficient (Wildman–Crippen LogP) is 0.358. The molecule has 0 unspecified atom stereocenters. The molecule has 0 radical (unpaired) electrons. The van der Waals surface area contributed by atoms with Gasteiger partial charge in [-0.3, -0.25) is 0 Å². The van der Waals surface area contributed by atoms with E-state index < -0.39 is 20.0 Å². The van der Waals surface area contributed by atoms with E-state index in [1.165, 1.54) is 12.1 Å². The lowest BCUT2D eigenvalue weighted by Crippen LogP contribution is -2.27. The van der Waals surface area contributed by atoms with Crippen molar-refractivity contribution in [2.24, 2.45) is 5.14 Å². The maximum atomic E-state index is 11.6. The second-order valence-electron chi connectivity index (χ2n) is 3.18. The lowest BCUT2D eigenvalue weighted by atomic mass is 10.5. The Hall–Kier alpha value is -0.190. The minimum absolute atomic E-state index is 0.00822. The van der Waals surface area contributed by atoms with Gasteiger partial charge in [0.05, 0.1) is 10.1 Å². The van der Waals surface area contributed by atoms with Gasteiger partial charge < -0.3 is 0 Å². The first-order valence-corrected chi connectivity index (χ1v) is 8.85. The van der Waals surface area contributed by atoms with Gasteiger partial charge in [0.25, 0.3) is 0 Å². The molecule has 6 nitrogen and oxygen atoms in total. The summed E-state index contributed by atoms with van der Waals surface area (Å²) in [6.45, 7) is 0.00822. The normalized spacial score (nSPS) is 12.8. The van der Waals surface area contributed by atoms with Crippen LogP contribution in [0.4, 0.5) is 0 Å². The van der Waals surface area contributed by atoms with Crippen LogP contribution in [0, 0.1) is 0 Å². The molecule has 0 aliphatic rings. The van der Waals surface area contributed by atoms with Crippen molar-refractivity contribution in [3.8, 4) is 0 Å². The number of nitrogens with two attached hydrogens (primary N) is 1. The fourth-order valence-corrected chi connectivity index (χ4v) is 4.14. The Bertz CT molecular complexity index is 578. The summed E-state index contributed by atoms with van der Waals surface area (Å²) < 4.78 is 47.2. The molecular weight excluding hydrogens is 308 g/mol. The standard InChI is InChI=1S/C7H11ClN2O4S3/c8-6-2-3-7(15-6)17(13,14)10-4-1-5-16(9,11)12/h2-3,10H,1,4-5H2,(H2,9,11,12). The molecule has 0 saturated heterocycles. The summed E-state index contributed by atoms with van der Waals surface area (Å²) in [7, 11) is -7.16. The maximum Gasteiger partial charge on any atom is 0.250 e. The summed E-state index contributed by atoms with van der Waals surface area (Å²) in [5, 5.41) is 4.78. The fraction of sp³-hybridized carbons (Fsp3) is 0.429. The van der Waals surface area contributed by atoms with E-state index >= 15 is 0 Å². The second-order valence-corrected chi connectivity index (χ2v) is 8.62. The minimum Gasteiger partial charge on any atom is -0.229 e. The van der Waals surface area contributed by atoms with E-state index in [0.29, 0.717) is 4.34 Å². The zero-order valence-electron chi connectivity index (χ0n) is 8.59. The Morgan fingerprint density at radius 2 is 1.94 bits per heavy atom. The number of hydrogen-bond donors (Lipinski definition) is 2. The Balaban J connectivity index is 2.52. The van der Waals surface area contributed by atoms with Crippen molar-refractivity contribution in [2.45, 2.75) is 10.6 Å². The van der Waals surface area contributed by atoms with Crippen LogP contribution in [-0.4, -0.2) is 29.1 Å². The van der Waals surface area contributed by atoms with E-state index in [1.807, 2.05) is 0 Å². The van der Waals surface area contributed by atoms with E-state index in [-0.39, 0.29) is 22.9 Å². The van der Waals surface area contributed by atoms with Gasteiger partial charge in [-0.25, -0.2) is 26.7 Å². The van der Waals surface area contributed by atoms with Crippen molar-refractivity contribution in [1.82, 2.24) is 4.72 Å². The number of halogens is 1. The smallest absolute Gasteiger partial charge is 0.229 e. The van der Waals surface area contributed by atoms with Crippen molar-refractivity contribution in [3.05, 3.63) is 16.5 Å². The molecule has 17 heavy (non-hydrogen) atoms. The van der Waals surface area contributed by atoms with Gasteiger partial charge in [0.1, 0.15) is 4.21 Å². The molecule has 0 aliphatic carbocycles. The summed E-state index contributed by atoms with van der Waals surface area (Å²) in [6.07, 6.45) is 0.122. The highest BCUT2D eigenvalue weighted by Crippen LogP contribution is 2.25. The highest BCUT2D eigenvalue weighted by atomic mass is 35.5. The fourth-order valence-electron chi connectivity index (χ4n) is 0.993.